The van der Waals surface area contributed by atoms with Crippen molar-refractivity contribution in [2.75, 3.05) is 5.32 Å². The van der Waals surface area contributed by atoms with Crippen molar-refractivity contribution in [1.82, 2.24) is 9.78 Å². The third kappa shape index (κ3) is 3.23. The number of anilines is 1. The zero-order chi connectivity index (χ0) is 17.4. The molecule has 2 aromatic rings. The van der Waals surface area contributed by atoms with Gasteiger partial charge < -0.3 is 14.6 Å². The van der Waals surface area contributed by atoms with Crippen molar-refractivity contribution < 1.29 is 14.1 Å². The van der Waals surface area contributed by atoms with Crippen LogP contribution in [0.5, 0.6) is 0 Å². The first kappa shape index (κ1) is 16.7. The first-order valence-electron chi connectivity index (χ1n) is 7.98. The van der Waals surface area contributed by atoms with Gasteiger partial charge in [-0.05, 0) is 45.4 Å². The molecule has 0 unspecified atom stereocenters. The number of benzene rings is 1. The molecule has 0 saturated carbocycles. The van der Waals surface area contributed by atoms with Gasteiger partial charge in [0.15, 0.2) is 0 Å². The predicted molar refractivity (Wildman–Crippen MR) is 93.2 cm³/mol. The second-order valence-corrected chi connectivity index (χ2v) is 7.02. The largest absolute Gasteiger partial charge is 0.498 e. The Morgan fingerprint density at radius 3 is 2.38 bits per heavy atom. The van der Waals surface area contributed by atoms with Gasteiger partial charge in [-0.3, -0.25) is 9.48 Å². The highest BCUT2D eigenvalue weighted by Crippen LogP contribution is 2.36. The van der Waals surface area contributed by atoms with Crippen LogP contribution in [0.15, 0.2) is 36.7 Å². The normalized spacial score (nSPS) is 18.6. The quantitative estimate of drug-likeness (QED) is 0.672. The Hall–Kier alpha value is -2.12. The van der Waals surface area contributed by atoms with Gasteiger partial charge in [-0.25, -0.2) is 0 Å². The standard InChI is InChI=1S/C17H22BN3O3/c1-16(2)17(3,4)24-18(23-16)14-9-20-21(11-14)10-13-5-7-15(8-6-13)19-12-22/h5-9,11-12H,10H2,1-4H3,(H,19,22). The van der Waals surface area contributed by atoms with Crippen molar-refractivity contribution in [2.24, 2.45) is 0 Å². The summed E-state index contributed by atoms with van der Waals surface area (Å²) in [5.74, 6) is 0. The van der Waals surface area contributed by atoms with Crippen LogP contribution in [0.1, 0.15) is 33.3 Å². The van der Waals surface area contributed by atoms with Crippen molar-refractivity contribution in [3.8, 4) is 0 Å². The van der Waals surface area contributed by atoms with Gasteiger partial charge in [0.25, 0.3) is 0 Å². The highest BCUT2D eigenvalue weighted by molar-refractivity contribution is 6.61. The summed E-state index contributed by atoms with van der Waals surface area (Å²) >= 11 is 0. The summed E-state index contributed by atoms with van der Waals surface area (Å²) in [7, 11) is -0.400. The molecule has 1 aromatic carbocycles. The molecule has 2 heterocycles. The fraction of sp³-hybridized carbons (Fsp3) is 0.412. The van der Waals surface area contributed by atoms with Gasteiger partial charge in [-0.1, -0.05) is 12.1 Å². The van der Waals surface area contributed by atoms with E-state index in [0.717, 1.165) is 16.7 Å². The molecule has 7 heteroatoms. The van der Waals surface area contributed by atoms with Crippen molar-refractivity contribution in [1.29, 1.82) is 0 Å². The van der Waals surface area contributed by atoms with E-state index < -0.39 is 7.12 Å². The molecule has 1 saturated heterocycles. The minimum atomic E-state index is -0.400. The van der Waals surface area contributed by atoms with Gasteiger partial charge in [0.05, 0.1) is 17.7 Å². The van der Waals surface area contributed by atoms with E-state index in [4.69, 9.17) is 9.31 Å². The molecule has 1 aliphatic rings. The van der Waals surface area contributed by atoms with Crippen molar-refractivity contribution in [3.05, 3.63) is 42.2 Å². The SMILES string of the molecule is CC1(C)OB(c2cnn(Cc3ccc(NC=O)cc3)c2)OC1(C)C. The molecule has 6 nitrogen and oxygen atoms in total. The minimum absolute atomic E-state index is 0.360. The summed E-state index contributed by atoms with van der Waals surface area (Å²) in [5, 5.41) is 7.01. The van der Waals surface area contributed by atoms with E-state index in [9.17, 15) is 4.79 Å². The summed E-state index contributed by atoms with van der Waals surface area (Å²) in [6, 6.07) is 7.65. The Morgan fingerprint density at radius 1 is 1.17 bits per heavy atom. The van der Waals surface area contributed by atoms with E-state index in [-0.39, 0.29) is 11.2 Å². The Morgan fingerprint density at radius 2 is 1.79 bits per heavy atom. The number of amides is 1. The first-order valence-corrected chi connectivity index (χ1v) is 7.98. The molecular weight excluding hydrogens is 305 g/mol. The van der Waals surface area contributed by atoms with Crippen LogP contribution in [0, 0.1) is 0 Å². The second kappa shape index (κ2) is 6.07. The Bertz CT molecular complexity index is 709. The zero-order valence-electron chi connectivity index (χ0n) is 14.4. The molecule has 0 radical (unpaired) electrons. The van der Waals surface area contributed by atoms with Crippen LogP contribution in [0.4, 0.5) is 5.69 Å². The van der Waals surface area contributed by atoms with E-state index in [0.29, 0.717) is 13.0 Å². The van der Waals surface area contributed by atoms with E-state index in [1.54, 1.807) is 6.20 Å². The number of rotatable bonds is 5. The summed E-state index contributed by atoms with van der Waals surface area (Å²) in [4.78, 5) is 10.4. The predicted octanol–water partition coefficient (Wildman–Crippen LogP) is 1.80. The number of aromatic nitrogens is 2. The molecule has 0 aliphatic carbocycles. The smallest absolute Gasteiger partial charge is 0.399 e. The number of carbonyl (C=O) groups excluding carboxylic acids is 1. The zero-order valence-corrected chi connectivity index (χ0v) is 14.4. The third-order valence-electron chi connectivity index (χ3n) is 4.70. The second-order valence-electron chi connectivity index (χ2n) is 7.02. The number of nitrogens with one attached hydrogen (secondary N) is 1. The molecule has 1 aromatic heterocycles. The maximum atomic E-state index is 10.4. The third-order valence-corrected chi connectivity index (χ3v) is 4.70. The molecular formula is C17H22BN3O3. The lowest BCUT2D eigenvalue weighted by Crippen LogP contribution is -2.41. The molecule has 1 amide bonds. The Balaban J connectivity index is 1.69. The molecule has 3 rings (SSSR count). The Labute approximate surface area is 142 Å². The van der Waals surface area contributed by atoms with Crippen LogP contribution < -0.4 is 10.8 Å². The molecule has 1 aliphatic heterocycles. The van der Waals surface area contributed by atoms with E-state index >= 15 is 0 Å². The average Bonchev–Trinajstić information content (AvgIpc) is 3.04. The number of hydrogen-bond acceptors (Lipinski definition) is 4. The Kier molecular flexibility index (Phi) is 4.23. The lowest BCUT2D eigenvalue weighted by atomic mass is 9.82. The van der Waals surface area contributed by atoms with Gasteiger partial charge in [0.2, 0.25) is 6.41 Å². The van der Waals surface area contributed by atoms with E-state index in [1.807, 2.05) is 62.8 Å². The van der Waals surface area contributed by atoms with Crippen LogP contribution in [0.3, 0.4) is 0 Å². The minimum Gasteiger partial charge on any atom is -0.399 e. The molecule has 126 valence electrons. The van der Waals surface area contributed by atoms with Gasteiger partial charge in [-0.2, -0.15) is 5.10 Å². The maximum Gasteiger partial charge on any atom is 0.498 e. The molecule has 0 bridgehead atoms. The topological polar surface area (TPSA) is 65.4 Å². The van der Waals surface area contributed by atoms with Crippen molar-refractivity contribution in [3.63, 3.8) is 0 Å². The monoisotopic (exact) mass is 327 g/mol. The van der Waals surface area contributed by atoms with Crippen molar-refractivity contribution >= 4 is 24.7 Å². The fourth-order valence-corrected chi connectivity index (χ4v) is 2.53. The highest BCUT2D eigenvalue weighted by Gasteiger charge is 2.52. The van der Waals surface area contributed by atoms with Gasteiger partial charge in [-0.15, -0.1) is 0 Å². The summed E-state index contributed by atoms with van der Waals surface area (Å²) in [6.45, 7) is 8.78. The lowest BCUT2D eigenvalue weighted by Gasteiger charge is -2.32. The molecule has 24 heavy (non-hydrogen) atoms. The average molecular weight is 327 g/mol. The highest BCUT2D eigenvalue weighted by atomic mass is 16.7. The van der Waals surface area contributed by atoms with Crippen LogP contribution >= 0.6 is 0 Å². The summed E-state index contributed by atoms with van der Waals surface area (Å²) in [6.07, 6.45) is 4.39. The van der Waals surface area contributed by atoms with Crippen LogP contribution in [0.25, 0.3) is 0 Å². The van der Waals surface area contributed by atoms with Gasteiger partial charge in [0, 0.05) is 23.5 Å². The molecule has 1 fully saturated rings. The number of nitrogens with zero attached hydrogens (tertiary/aromatic N) is 2. The van der Waals surface area contributed by atoms with E-state index in [2.05, 4.69) is 10.4 Å². The number of hydrogen-bond donors (Lipinski definition) is 1. The molecule has 0 spiro atoms. The first-order chi connectivity index (χ1) is 11.3. The van der Waals surface area contributed by atoms with Crippen molar-refractivity contribution in [2.45, 2.75) is 45.4 Å². The summed E-state index contributed by atoms with van der Waals surface area (Å²) < 4.78 is 13.9. The molecule has 0 atom stereocenters. The fourth-order valence-electron chi connectivity index (χ4n) is 2.53. The van der Waals surface area contributed by atoms with E-state index in [1.165, 1.54) is 0 Å². The summed E-state index contributed by atoms with van der Waals surface area (Å²) in [5.41, 5.74) is 2.05. The number of carbonyl (C=O) groups is 1. The van der Waals surface area contributed by atoms with Crippen LogP contribution in [-0.4, -0.2) is 34.5 Å². The van der Waals surface area contributed by atoms with Crippen LogP contribution in [-0.2, 0) is 20.6 Å². The van der Waals surface area contributed by atoms with Gasteiger partial charge in [0.1, 0.15) is 0 Å². The van der Waals surface area contributed by atoms with Gasteiger partial charge >= 0.3 is 7.12 Å². The molecule has 1 N–H and O–H groups in total. The maximum absolute atomic E-state index is 10.4. The lowest BCUT2D eigenvalue weighted by molar-refractivity contribution is -0.105. The van der Waals surface area contributed by atoms with Crippen LogP contribution in [0.2, 0.25) is 0 Å².